The molecular weight excluding hydrogens is 399 g/mol. The molecule has 2 unspecified atom stereocenters. The van der Waals surface area contributed by atoms with Gasteiger partial charge in [0.2, 0.25) is 0 Å². The largest absolute Gasteiger partial charge is 0.377 e. The number of methoxy groups -OCH3 is 1. The smallest absolute Gasteiger partial charge is 0.191 e. The zero-order valence-corrected chi connectivity index (χ0v) is 17.9. The molecule has 0 spiro atoms. The normalized spacial score (nSPS) is 17.9. The molecule has 1 aliphatic heterocycles. The summed E-state index contributed by atoms with van der Waals surface area (Å²) >= 11 is 12.6. The lowest BCUT2D eigenvalue weighted by Crippen LogP contribution is -2.47. The molecule has 9 heteroatoms. The van der Waals surface area contributed by atoms with E-state index in [9.17, 15) is 0 Å². The number of rotatable bonds is 6. The summed E-state index contributed by atoms with van der Waals surface area (Å²) in [7, 11) is 3.42. The Kier molecular flexibility index (Phi) is 7.15. The maximum Gasteiger partial charge on any atom is 0.191 e. The highest BCUT2D eigenvalue weighted by Crippen LogP contribution is 2.30. The molecule has 2 atom stereocenters. The predicted molar refractivity (Wildman–Crippen MR) is 112 cm³/mol. The van der Waals surface area contributed by atoms with E-state index in [1.54, 1.807) is 14.2 Å². The number of aryl methyl sites for hydroxylation is 1. The molecule has 2 N–H and O–H groups in total. The van der Waals surface area contributed by atoms with Crippen LogP contribution in [0.4, 0.5) is 0 Å². The van der Waals surface area contributed by atoms with Gasteiger partial charge in [-0.05, 0) is 24.1 Å². The molecule has 3 rings (SSSR count). The molecule has 0 saturated carbocycles. The first kappa shape index (κ1) is 20.9. The lowest BCUT2D eigenvalue weighted by Gasteiger charge is -2.26. The van der Waals surface area contributed by atoms with E-state index in [4.69, 9.17) is 27.9 Å². The van der Waals surface area contributed by atoms with Gasteiger partial charge >= 0.3 is 0 Å². The summed E-state index contributed by atoms with van der Waals surface area (Å²) < 4.78 is 7.07. The number of nitrogens with zero attached hydrogens (tertiary/aromatic N) is 4. The van der Waals surface area contributed by atoms with E-state index in [-0.39, 0.29) is 12.0 Å². The van der Waals surface area contributed by atoms with E-state index >= 15 is 0 Å². The summed E-state index contributed by atoms with van der Waals surface area (Å²) in [5.41, 5.74) is 0.949. The third-order valence-electron chi connectivity index (χ3n) is 4.81. The zero-order valence-electron chi connectivity index (χ0n) is 16.4. The maximum absolute atomic E-state index is 6.32. The Bertz CT molecular complexity index is 818. The van der Waals surface area contributed by atoms with Gasteiger partial charge in [-0.15, -0.1) is 0 Å². The third-order valence-corrected chi connectivity index (χ3v) is 5.47. The monoisotopic (exact) mass is 424 g/mol. The molecule has 1 aliphatic rings. The van der Waals surface area contributed by atoms with Gasteiger partial charge < -0.3 is 15.4 Å². The van der Waals surface area contributed by atoms with Gasteiger partial charge in [0, 0.05) is 49.1 Å². The summed E-state index contributed by atoms with van der Waals surface area (Å²) in [6, 6.07) is 5.81. The van der Waals surface area contributed by atoms with Crippen molar-refractivity contribution in [1.82, 2.24) is 25.4 Å². The lowest BCUT2D eigenvalue weighted by molar-refractivity contribution is 0.177. The van der Waals surface area contributed by atoms with Crippen LogP contribution in [0, 0.1) is 0 Å². The number of aromatic nitrogens is 3. The highest BCUT2D eigenvalue weighted by Gasteiger charge is 2.22. The average molecular weight is 425 g/mol. The average Bonchev–Trinajstić information content (AvgIpc) is 3.07. The van der Waals surface area contributed by atoms with Crippen LogP contribution in [0.3, 0.4) is 0 Å². The van der Waals surface area contributed by atoms with Crippen LogP contribution in [-0.4, -0.2) is 47.5 Å². The van der Waals surface area contributed by atoms with Crippen molar-refractivity contribution >= 4 is 29.2 Å². The van der Waals surface area contributed by atoms with E-state index in [0.29, 0.717) is 23.2 Å². The highest BCUT2D eigenvalue weighted by atomic mass is 35.5. The Morgan fingerprint density at radius 2 is 2.14 bits per heavy atom. The van der Waals surface area contributed by atoms with Gasteiger partial charge in [0.1, 0.15) is 12.4 Å². The number of guanidine groups is 1. The van der Waals surface area contributed by atoms with Crippen LogP contribution >= 0.6 is 23.2 Å². The van der Waals surface area contributed by atoms with E-state index in [1.807, 2.05) is 22.9 Å². The van der Waals surface area contributed by atoms with E-state index in [2.05, 4.69) is 32.6 Å². The van der Waals surface area contributed by atoms with Crippen molar-refractivity contribution < 1.29 is 4.74 Å². The number of fused-ring (bicyclic) bond motifs is 1. The fourth-order valence-corrected chi connectivity index (χ4v) is 4.16. The molecule has 2 heterocycles. The maximum atomic E-state index is 6.32. The molecule has 2 aromatic rings. The molecule has 0 radical (unpaired) electrons. The Hall–Kier alpha value is -1.83. The van der Waals surface area contributed by atoms with Crippen LogP contribution in [0.25, 0.3) is 0 Å². The zero-order chi connectivity index (χ0) is 20.1. The quantitative estimate of drug-likeness (QED) is 0.550. The molecule has 1 aromatic carbocycles. The predicted octanol–water partition coefficient (Wildman–Crippen LogP) is 3.01. The second kappa shape index (κ2) is 9.58. The van der Waals surface area contributed by atoms with Gasteiger partial charge in [-0.2, -0.15) is 5.10 Å². The van der Waals surface area contributed by atoms with Crippen molar-refractivity contribution in [1.29, 1.82) is 0 Å². The summed E-state index contributed by atoms with van der Waals surface area (Å²) in [5.74, 6) is 2.63. The third kappa shape index (κ3) is 4.96. The van der Waals surface area contributed by atoms with Gasteiger partial charge in [0.15, 0.2) is 11.8 Å². The molecule has 1 aromatic heterocycles. The molecule has 0 bridgehead atoms. The first-order chi connectivity index (χ1) is 13.5. The van der Waals surface area contributed by atoms with E-state index in [1.165, 1.54) is 0 Å². The van der Waals surface area contributed by atoms with Gasteiger partial charge in [-0.3, -0.25) is 4.99 Å². The molecule has 28 heavy (non-hydrogen) atoms. The number of hydrogen-bond acceptors (Lipinski definition) is 4. The topological polar surface area (TPSA) is 76.4 Å². The SMILES string of the molecule is CN=C(NCC(C)c1c(Cl)cccc1Cl)NC1CCc2nc(COC)nn2C1. The van der Waals surface area contributed by atoms with Crippen LogP contribution in [0.1, 0.15) is 36.5 Å². The fourth-order valence-electron chi connectivity index (χ4n) is 3.39. The lowest BCUT2D eigenvalue weighted by atomic mass is 10.0. The van der Waals surface area contributed by atoms with Crippen molar-refractivity contribution in [2.24, 2.45) is 4.99 Å². The van der Waals surface area contributed by atoms with Crippen molar-refractivity contribution in [3.63, 3.8) is 0 Å². The standard InChI is InChI=1S/C19H26Cl2N6O/c1-12(18-14(20)5-4-6-15(18)21)9-23-19(22-2)24-13-7-8-17-25-16(11-28-3)26-27(17)10-13/h4-6,12-13H,7-11H2,1-3H3,(H2,22,23,24). The van der Waals surface area contributed by atoms with Crippen molar-refractivity contribution in [3.05, 3.63) is 45.5 Å². The number of nitrogens with one attached hydrogen (secondary N) is 2. The number of aliphatic imine (C=N–C) groups is 1. The summed E-state index contributed by atoms with van der Waals surface area (Å²) in [5, 5.41) is 12.7. The molecular formula is C19H26Cl2N6O. The van der Waals surface area contributed by atoms with Crippen LogP contribution in [-0.2, 0) is 24.3 Å². The fraction of sp³-hybridized carbons (Fsp3) is 0.526. The van der Waals surface area contributed by atoms with Crippen LogP contribution in [0.2, 0.25) is 10.0 Å². The molecule has 0 aliphatic carbocycles. The summed E-state index contributed by atoms with van der Waals surface area (Å²) in [6.07, 6.45) is 1.84. The van der Waals surface area contributed by atoms with Crippen LogP contribution < -0.4 is 10.6 Å². The minimum atomic E-state index is 0.143. The van der Waals surface area contributed by atoms with Gasteiger partial charge in [0.25, 0.3) is 0 Å². The first-order valence-electron chi connectivity index (χ1n) is 9.34. The number of benzene rings is 1. The van der Waals surface area contributed by atoms with Gasteiger partial charge in [-0.1, -0.05) is 36.2 Å². The van der Waals surface area contributed by atoms with E-state index < -0.39 is 0 Å². The molecule has 0 saturated heterocycles. The van der Waals surface area contributed by atoms with Gasteiger partial charge in [-0.25, -0.2) is 9.67 Å². The van der Waals surface area contributed by atoms with Crippen molar-refractivity contribution in [2.75, 3.05) is 20.7 Å². The van der Waals surface area contributed by atoms with Gasteiger partial charge in [0.05, 0.1) is 6.54 Å². The number of hydrogen-bond donors (Lipinski definition) is 2. The summed E-state index contributed by atoms with van der Waals surface area (Å²) in [6.45, 7) is 3.94. The Balaban J connectivity index is 1.56. The van der Waals surface area contributed by atoms with E-state index in [0.717, 1.165) is 42.6 Å². The minimum absolute atomic E-state index is 0.143. The number of ether oxygens (including phenoxy) is 1. The minimum Gasteiger partial charge on any atom is -0.377 e. The molecule has 152 valence electrons. The summed E-state index contributed by atoms with van der Waals surface area (Å²) in [4.78, 5) is 8.86. The van der Waals surface area contributed by atoms with Crippen molar-refractivity contribution in [3.8, 4) is 0 Å². The van der Waals surface area contributed by atoms with Crippen LogP contribution in [0.15, 0.2) is 23.2 Å². The van der Waals surface area contributed by atoms with Crippen LogP contribution in [0.5, 0.6) is 0 Å². The molecule has 7 nitrogen and oxygen atoms in total. The first-order valence-corrected chi connectivity index (χ1v) is 10.1. The molecule has 0 amide bonds. The molecule has 0 fully saturated rings. The number of halogens is 2. The van der Waals surface area contributed by atoms with Crippen molar-refractivity contribution in [2.45, 2.75) is 44.9 Å². The highest BCUT2D eigenvalue weighted by molar-refractivity contribution is 6.36. The Morgan fingerprint density at radius 1 is 1.39 bits per heavy atom. The second-order valence-corrected chi connectivity index (χ2v) is 7.74. The Morgan fingerprint density at radius 3 is 2.82 bits per heavy atom. The Labute approximate surface area is 175 Å². The second-order valence-electron chi connectivity index (χ2n) is 6.93.